The van der Waals surface area contributed by atoms with Gasteiger partial charge >= 0.3 is 0 Å². The van der Waals surface area contributed by atoms with E-state index >= 15 is 0 Å². The first-order chi connectivity index (χ1) is 10.8. The van der Waals surface area contributed by atoms with E-state index in [9.17, 15) is 0 Å². The lowest BCUT2D eigenvalue weighted by Gasteiger charge is -2.03. The average Bonchev–Trinajstić information content (AvgIpc) is 3.15. The van der Waals surface area contributed by atoms with Crippen molar-refractivity contribution in [2.24, 2.45) is 0 Å². The van der Waals surface area contributed by atoms with Crippen LogP contribution < -0.4 is 0 Å². The van der Waals surface area contributed by atoms with Gasteiger partial charge < -0.3 is 9.09 Å². The lowest BCUT2D eigenvalue weighted by atomic mass is 10.2. The van der Waals surface area contributed by atoms with Crippen molar-refractivity contribution in [3.8, 4) is 11.4 Å². The molecule has 7 heteroatoms. The number of hydrogen-bond donors (Lipinski definition) is 0. The van der Waals surface area contributed by atoms with Crippen LogP contribution in [0, 0.1) is 6.92 Å². The van der Waals surface area contributed by atoms with Gasteiger partial charge in [-0.2, -0.15) is 4.98 Å². The highest BCUT2D eigenvalue weighted by molar-refractivity contribution is 7.98. The third kappa shape index (κ3) is 3.09. The van der Waals surface area contributed by atoms with E-state index in [0.717, 1.165) is 16.5 Å². The lowest BCUT2D eigenvalue weighted by molar-refractivity contribution is 0.391. The summed E-state index contributed by atoms with van der Waals surface area (Å²) in [5.74, 6) is 2.57. The Hall–Kier alpha value is -2.41. The summed E-state index contributed by atoms with van der Waals surface area (Å²) in [6.45, 7) is 6.34. The van der Waals surface area contributed by atoms with Crippen molar-refractivity contribution in [3.05, 3.63) is 54.7 Å². The van der Waals surface area contributed by atoms with E-state index in [0.29, 0.717) is 24.0 Å². The Morgan fingerprint density at radius 3 is 2.86 bits per heavy atom. The smallest absolute Gasteiger partial charge is 0.237 e. The van der Waals surface area contributed by atoms with Crippen molar-refractivity contribution in [2.75, 3.05) is 0 Å². The number of aryl methyl sites for hydroxylation is 1. The number of aromatic nitrogens is 5. The molecule has 3 rings (SSSR count). The monoisotopic (exact) mass is 313 g/mol. The molecule has 0 aliphatic heterocycles. The molecular weight excluding hydrogens is 298 g/mol. The van der Waals surface area contributed by atoms with Gasteiger partial charge in [0.05, 0.1) is 5.75 Å². The molecule has 0 spiro atoms. The van der Waals surface area contributed by atoms with Crippen LogP contribution >= 0.6 is 11.8 Å². The summed E-state index contributed by atoms with van der Waals surface area (Å²) in [6, 6.07) is 9.74. The van der Waals surface area contributed by atoms with Gasteiger partial charge in [0.1, 0.15) is 5.82 Å². The molecule has 0 amide bonds. The summed E-state index contributed by atoms with van der Waals surface area (Å²) in [7, 11) is 0. The van der Waals surface area contributed by atoms with Crippen molar-refractivity contribution in [2.45, 2.75) is 24.4 Å². The van der Waals surface area contributed by atoms with E-state index in [-0.39, 0.29) is 0 Å². The summed E-state index contributed by atoms with van der Waals surface area (Å²) in [4.78, 5) is 4.40. The van der Waals surface area contributed by atoms with Crippen LogP contribution in [0.25, 0.3) is 11.4 Å². The van der Waals surface area contributed by atoms with E-state index in [1.54, 1.807) is 0 Å². The number of thioether (sulfide) groups is 1. The van der Waals surface area contributed by atoms with Gasteiger partial charge in [0.15, 0.2) is 5.16 Å². The van der Waals surface area contributed by atoms with E-state index in [1.807, 2.05) is 47.9 Å². The molecule has 6 nitrogen and oxygen atoms in total. The predicted molar refractivity (Wildman–Crippen MR) is 84.3 cm³/mol. The normalized spacial score (nSPS) is 10.8. The first kappa shape index (κ1) is 14.5. The first-order valence-electron chi connectivity index (χ1n) is 6.79. The van der Waals surface area contributed by atoms with Crippen LogP contribution in [0.15, 0.2) is 52.7 Å². The summed E-state index contributed by atoms with van der Waals surface area (Å²) >= 11 is 1.51. The summed E-state index contributed by atoms with van der Waals surface area (Å²) < 4.78 is 7.28. The maximum atomic E-state index is 5.29. The highest BCUT2D eigenvalue weighted by Crippen LogP contribution is 2.23. The zero-order valence-electron chi connectivity index (χ0n) is 12.1. The molecular formula is C15H15N5OS. The molecule has 22 heavy (non-hydrogen) atoms. The predicted octanol–water partition coefficient (Wildman–Crippen LogP) is 3.11. The van der Waals surface area contributed by atoms with Gasteiger partial charge in [0, 0.05) is 12.1 Å². The molecule has 0 saturated carbocycles. The Balaban J connectivity index is 1.70. The molecule has 0 atom stereocenters. The third-order valence-corrected chi connectivity index (χ3v) is 3.99. The molecule has 112 valence electrons. The van der Waals surface area contributed by atoms with Crippen LogP contribution in [-0.2, 0) is 12.3 Å². The second-order valence-electron chi connectivity index (χ2n) is 4.60. The zero-order chi connectivity index (χ0) is 15.4. The Kier molecular flexibility index (Phi) is 4.34. The van der Waals surface area contributed by atoms with Crippen LogP contribution in [0.2, 0.25) is 0 Å². The topological polar surface area (TPSA) is 69.6 Å². The van der Waals surface area contributed by atoms with Gasteiger partial charge in [-0.3, -0.25) is 0 Å². The molecule has 0 radical (unpaired) electrons. The fraction of sp³-hybridized carbons (Fsp3) is 0.200. The largest absolute Gasteiger partial charge is 0.338 e. The Labute approximate surface area is 132 Å². The number of rotatable bonds is 6. The maximum Gasteiger partial charge on any atom is 0.237 e. The quantitative estimate of drug-likeness (QED) is 0.514. The van der Waals surface area contributed by atoms with Crippen molar-refractivity contribution in [1.82, 2.24) is 24.9 Å². The Morgan fingerprint density at radius 1 is 1.27 bits per heavy atom. The lowest BCUT2D eigenvalue weighted by Crippen LogP contribution is -2.00. The van der Waals surface area contributed by atoms with Gasteiger partial charge in [-0.05, 0) is 6.92 Å². The molecule has 0 bridgehead atoms. The van der Waals surface area contributed by atoms with Crippen molar-refractivity contribution >= 4 is 11.8 Å². The Bertz CT molecular complexity index is 765. The molecule has 0 aliphatic carbocycles. The minimum absolute atomic E-state index is 0.551. The summed E-state index contributed by atoms with van der Waals surface area (Å²) in [5, 5.41) is 13.1. The molecule has 0 aliphatic rings. The van der Waals surface area contributed by atoms with Crippen molar-refractivity contribution < 1.29 is 4.52 Å². The summed E-state index contributed by atoms with van der Waals surface area (Å²) in [6.07, 6.45) is 1.82. The second-order valence-corrected chi connectivity index (χ2v) is 5.54. The van der Waals surface area contributed by atoms with E-state index < -0.39 is 0 Å². The van der Waals surface area contributed by atoms with Gasteiger partial charge in [-0.1, -0.05) is 53.3 Å². The number of nitrogens with zero attached hydrogens (tertiary/aromatic N) is 5. The molecule has 0 N–H and O–H groups in total. The van der Waals surface area contributed by atoms with E-state index in [4.69, 9.17) is 4.52 Å². The van der Waals surface area contributed by atoms with Gasteiger partial charge in [-0.25, -0.2) is 0 Å². The molecule has 0 unspecified atom stereocenters. The Morgan fingerprint density at radius 2 is 2.09 bits per heavy atom. The zero-order valence-corrected chi connectivity index (χ0v) is 13.0. The number of allylic oxidation sites excluding steroid dienone is 1. The van der Waals surface area contributed by atoms with Crippen LogP contribution in [0.5, 0.6) is 0 Å². The van der Waals surface area contributed by atoms with Crippen LogP contribution in [0.4, 0.5) is 0 Å². The first-order valence-corrected chi connectivity index (χ1v) is 7.78. The minimum Gasteiger partial charge on any atom is -0.338 e. The fourth-order valence-corrected chi connectivity index (χ4v) is 2.78. The SMILES string of the molecule is C=CCn1c(C)nnc1SCc1nc(-c2ccccc2)no1. The van der Waals surface area contributed by atoms with Gasteiger partial charge in [0.2, 0.25) is 11.7 Å². The molecule has 3 aromatic rings. The van der Waals surface area contributed by atoms with Crippen molar-refractivity contribution in [1.29, 1.82) is 0 Å². The standard InChI is InChI=1S/C15H15N5OS/c1-3-9-20-11(2)17-18-15(20)22-10-13-16-14(19-21-13)12-7-5-4-6-8-12/h3-8H,1,9-10H2,2H3. The van der Waals surface area contributed by atoms with Crippen LogP contribution in [0.3, 0.4) is 0 Å². The minimum atomic E-state index is 0.551. The number of benzene rings is 1. The molecule has 0 fully saturated rings. The number of hydrogen-bond acceptors (Lipinski definition) is 6. The second kappa shape index (κ2) is 6.57. The highest BCUT2D eigenvalue weighted by Gasteiger charge is 2.12. The van der Waals surface area contributed by atoms with Gasteiger partial charge in [-0.15, -0.1) is 16.8 Å². The molecule has 0 saturated heterocycles. The fourth-order valence-electron chi connectivity index (χ4n) is 1.95. The highest BCUT2D eigenvalue weighted by atomic mass is 32.2. The maximum absolute atomic E-state index is 5.29. The van der Waals surface area contributed by atoms with E-state index in [2.05, 4.69) is 26.9 Å². The van der Waals surface area contributed by atoms with Crippen LogP contribution in [-0.4, -0.2) is 24.9 Å². The molecule has 1 aromatic carbocycles. The van der Waals surface area contributed by atoms with Gasteiger partial charge in [0.25, 0.3) is 0 Å². The average molecular weight is 313 g/mol. The molecule has 2 heterocycles. The summed E-state index contributed by atoms with van der Waals surface area (Å²) in [5.41, 5.74) is 0.938. The van der Waals surface area contributed by atoms with Crippen molar-refractivity contribution in [3.63, 3.8) is 0 Å². The van der Waals surface area contributed by atoms with Crippen LogP contribution in [0.1, 0.15) is 11.7 Å². The molecule has 2 aromatic heterocycles. The third-order valence-electron chi connectivity index (χ3n) is 3.04. The van der Waals surface area contributed by atoms with E-state index in [1.165, 1.54) is 11.8 Å².